The molecule has 17 heavy (non-hydrogen) atoms. The van der Waals surface area contributed by atoms with Crippen molar-refractivity contribution in [1.29, 1.82) is 0 Å². The molecule has 0 aromatic heterocycles. The quantitative estimate of drug-likeness (QED) is 0.856. The van der Waals surface area contributed by atoms with Crippen molar-refractivity contribution in [1.82, 2.24) is 4.90 Å². The molecule has 0 saturated carbocycles. The smallest absolute Gasteiger partial charge is 0.161 e. The van der Waals surface area contributed by atoms with Crippen molar-refractivity contribution in [3.8, 4) is 11.5 Å². The molecule has 1 aliphatic rings. The Morgan fingerprint density at radius 3 is 2.47 bits per heavy atom. The molecule has 2 N–H and O–H groups in total. The Kier molecular flexibility index (Phi) is 3.26. The van der Waals surface area contributed by atoms with Gasteiger partial charge in [-0.3, -0.25) is 4.90 Å². The monoisotopic (exact) mass is 236 g/mol. The highest BCUT2D eigenvalue weighted by Gasteiger charge is 2.29. The van der Waals surface area contributed by atoms with Crippen LogP contribution in [0.5, 0.6) is 11.5 Å². The molecular weight excluding hydrogens is 216 g/mol. The first-order valence-corrected chi connectivity index (χ1v) is 5.85. The second-order valence-electron chi connectivity index (χ2n) is 4.73. The number of nitrogens with zero attached hydrogens (tertiary/aromatic N) is 1. The molecule has 2 rings (SSSR count). The number of rotatable bonds is 3. The maximum Gasteiger partial charge on any atom is 0.161 e. The van der Waals surface area contributed by atoms with Gasteiger partial charge in [0.2, 0.25) is 0 Å². The van der Waals surface area contributed by atoms with Crippen LogP contribution in [0.15, 0.2) is 18.2 Å². The number of nitrogens with two attached hydrogens (primary N) is 1. The van der Waals surface area contributed by atoms with Crippen molar-refractivity contribution in [3.05, 3.63) is 23.8 Å². The van der Waals surface area contributed by atoms with Crippen LogP contribution in [0.3, 0.4) is 0 Å². The molecule has 0 saturated heterocycles. The lowest BCUT2D eigenvalue weighted by Crippen LogP contribution is -2.44. The van der Waals surface area contributed by atoms with Crippen molar-refractivity contribution < 1.29 is 9.47 Å². The normalized spacial score (nSPS) is 17.9. The number of benzene rings is 1. The van der Waals surface area contributed by atoms with Crippen LogP contribution in [0.4, 0.5) is 0 Å². The number of hydrogen-bond donors (Lipinski definition) is 1. The predicted octanol–water partition coefficient (Wildman–Crippen LogP) is 1.19. The minimum Gasteiger partial charge on any atom is -0.486 e. The van der Waals surface area contributed by atoms with Gasteiger partial charge < -0.3 is 15.2 Å². The summed E-state index contributed by atoms with van der Waals surface area (Å²) < 4.78 is 11.1. The van der Waals surface area contributed by atoms with Crippen LogP contribution < -0.4 is 15.2 Å². The highest BCUT2D eigenvalue weighted by Crippen LogP contribution is 2.35. The van der Waals surface area contributed by atoms with Gasteiger partial charge in [-0.2, -0.15) is 0 Å². The Bertz CT molecular complexity index is 406. The minimum atomic E-state index is -0.185. The largest absolute Gasteiger partial charge is 0.486 e. The molecule has 94 valence electrons. The van der Waals surface area contributed by atoms with E-state index in [9.17, 15) is 0 Å². The first-order chi connectivity index (χ1) is 8.08. The zero-order valence-electron chi connectivity index (χ0n) is 10.7. The molecule has 0 amide bonds. The summed E-state index contributed by atoms with van der Waals surface area (Å²) in [5.74, 6) is 1.63. The molecule has 4 nitrogen and oxygen atoms in total. The minimum absolute atomic E-state index is 0.185. The van der Waals surface area contributed by atoms with Crippen molar-refractivity contribution >= 4 is 0 Å². The lowest BCUT2D eigenvalue weighted by molar-refractivity contribution is 0.165. The number of hydrogen-bond acceptors (Lipinski definition) is 4. The summed E-state index contributed by atoms with van der Waals surface area (Å²) in [6.45, 7) is 3.91. The summed E-state index contributed by atoms with van der Waals surface area (Å²) in [6.07, 6.45) is 0. The van der Waals surface area contributed by atoms with Crippen LogP contribution in [-0.2, 0) is 5.54 Å². The van der Waals surface area contributed by atoms with Gasteiger partial charge in [0, 0.05) is 6.54 Å². The van der Waals surface area contributed by atoms with Gasteiger partial charge in [-0.25, -0.2) is 0 Å². The molecule has 1 heterocycles. The van der Waals surface area contributed by atoms with E-state index >= 15 is 0 Å². The Labute approximate surface area is 102 Å². The van der Waals surface area contributed by atoms with Crippen LogP contribution in [0, 0.1) is 0 Å². The van der Waals surface area contributed by atoms with Gasteiger partial charge in [0.05, 0.1) is 5.54 Å². The molecule has 0 bridgehead atoms. The Balaban J connectivity index is 2.39. The van der Waals surface area contributed by atoms with Crippen molar-refractivity contribution in [3.63, 3.8) is 0 Å². The average Bonchev–Trinajstić information content (AvgIpc) is 2.37. The van der Waals surface area contributed by atoms with Gasteiger partial charge >= 0.3 is 0 Å². The fourth-order valence-corrected chi connectivity index (χ4v) is 1.94. The number of ether oxygens (including phenoxy) is 2. The van der Waals surface area contributed by atoms with E-state index < -0.39 is 0 Å². The van der Waals surface area contributed by atoms with Gasteiger partial charge in [-0.1, -0.05) is 6.07 Å². The maximum atomic E-state index is 5.90. The second-order valence-corrected chi connectivity index (χ2v) is 4.73. The summed E-state index contributed by atoms with van der Waals surface area (Å²) >= 11 is 0. The number of fused-ring (bicyclic) bond motifs is 1. The molecule has 1 atom stereocenters. The fraction of sp³-hybridized carbons (Fsp3) is 0.538. The summed E-state index contributed by atoms with van der Waals surface area (Å²) in [5.41, 5.74) is 6.87. The zero-order valence-corrected chi connectivity index (χ0v) is 10.7. The highest BCUT2D eigenvalue weighted by atomic mass is 16.6. The third-order valence-corrected chi connectivity index (χ3v) is 3.55. The van der Waals surface area contributed by atoms with Gasteiger partial charge in [0.25, 0.3) is 0 Å². The van der Waals surface area contributed by atoms with Gasteiger partial charge in [-0.15, -0.1) is 0 Å². The molecule has 1 aliphatic heterocycles. The molecule has 0 spiro atoms. The summed E-state index contributed by atoms with van der Waals surface area (Å²) in [7, 11) is 4.06. The molecule has 1 unspecified atom stereocenters. The molecule has 4 heteroatoms. The van der Waals surface area contributed by atoms with E-state index in [1.807, 2.05) is 26.2 Å². The van der Waals surface area contributed by atoms with E-state index in [2.05, 4.69) is 17.9 Å². The standard InChI is InChI=1S/C13H20N2O2/c1-13(9-14,15(2)3)10-4-5-11-12(8-10)17-7-6-16-11/h4-5,8H,6-7,9,14H2,1-3H3. The van der Waals surface area contributed by atoms with Crippen LogP contribution in [0.25, 0.3) is 0 Å². The molecule has 0 aliphatic carbocycles. The maximum absolute atomic E-state index is 5.90. The number of likely N-dealkylation sites (N-methyl/N-ethyl adjacent to an activating group) is 1. The lowest BCUT2D eigenvalue weighted by atomic mass is 9.90. The third-order valence-electron chi connectivity index (χ3n) is 3.55. The van der Waals surface area contributed by atoms with E-state index in [4.69, 9.17) is 15.2 Å². The molecular formula is C13H20N2O2. The highest BCUT2D eigenvalue weighted by molar-refractivity contribution is 5.45. The second kappa shape index (κ2) is 4.55. The van der Waals surface area contributed by atoms with Crippen LogP contribution in [0.2, 0.25) is 0 Å². The Morgan fingerprint density at radius 2 is 1.88 bits per heavy atom. The van der Waals surface area contributed by atoms with E-state index in [1.165, 1.54) is 0 Å². The molecule has 1 aromatic carbocycles. The SMILES string of the molecule is CN(C)C(C)(CN)c1ccc2c(c1)OCCO2. The van der Waals surface area contributed by atoms with E-state index in [0.29, 0.717) is 19.8 Å². The van der Waals surface area contributed by atoms with Crippen LogP contribution in [0.1, 0.15) is 12.5 Å². The van der Waals surface area contributed by atoms with Crippen LogP contribution >= 0.6 is 0 Å². The fourth-order valence-electron chi connectivity index (χ4n) is 1.94. The van der Waals surface area contributed by atoms with Gasteiger partial charge in [0.15, 0.2) is 11.5 Å². The van der Waals surface area contributed by atoms with Crippen molar-refractivity contribution in [2.45, 2.75) is 12.5 Å². The zero-order chi connectivity index (χ0) is 12.5. The summed E-state index contributed by atoms with van der Waals surface area (Å²) in [5, 5.41) is 0. The average molecular weight is 236 g/mol. The van der Waals surface area contributed by atoms with E-state index in [1.54, 1.807) is 0 Å². The summed E-state index contributed by atoms with van der Waals surface area (Å²) in [4.78, 5) is 2.12. The third kappa shape index (κ3) is 2.10. The van der Waals surface area contributed by atoms with Crippen molar-refractivity contribution in [2.24, 2.45) is 5.73 Å². The summed E-state index contributed by atoms with van der Waals surface area (Å²) in [6, 6.07) is 6.04. The molecule has 0 fully saturated rings. The van der Waals surface area contributed by atoms with E-state index in [0.717, 1.165) is 17.1 Å². The van der Waals surface area contributed by atoms with Gasteiger partial charge in [0.1, 0.15) is 13.2 Å². The lowest BCUT2D eigenvalue weighted by Gasteiger charge is -2.36. The first kappa shape index (κ1) is 12.2. The molecule has 0 radical (unpaired) electrons. The Hall–Kier alpha value is -1.26. The van der Waals surface area contributed by atoms with Crippen molar-refractivity contribution in [2.75, 3.05) is 33.9 Å². The van der Waals surface area contributed by atoms with Gasteiger partial charge in [-0.05, 0) is 38.7 Å². The predicted molar refractivity (Wildman–Crippen MR) is 67.5 cm³/mol. The van der Waals surface area contributed by atoms with E-state index in [-0.39, 0.29) is 5.54 Å². The molecule has 1 aromatic rings. The first-order valence-electron chi connectivity index (χ1n) is 5.85. The Morgan fingerprint density at radius 1 is 1.24 bits per heavy atom. The topological polar surface area (TPSA) is 47.7 Å². The van der Waals surface area contributed by atoms with Crippen LogP contribution in [-0.4, -0.2) is 38.8 Å².